The molecule has 0 aliphatic rings. The number of hydrogen-bond donors (Lipinski definition) is 1. The predicted molar refractivity (Wildman–Crippen MR) is 103 cm³/mol. The van der Waals surface area contributed by atoms with Gasteiger partial charge in [0.25, 0.3) is 0 Å². The third-order valence-electron chi connectivity index (χ3n) is 4.92. The normalized spacial score (nSPS) is 11.6. The summed E-state index contributed by atoms with van der Waals surface area (Å²) in [4.78, 5) is 8.47. The Labute approximate surface area is 145 Å². The van der Waals surface area contributed by atoms with Crippen LogP contribution in [0.25, 0.3) is 11.0 Å². The Kier molecular flexibility index (Phi) is 4.75. The molecule has 1 aromatic heterocycles. The van der Waals surface area contributed by atoms with Gasteiger partial charge in [0.05, 0.1) is 11.0 Å². The van der Waals surface area contributed by atoms with Crippen molar-refractivity contribution in [3.8, 4) is 0 Å². The quantitative estimate of drug-likeness (QED) is 0.646. The summed E-state index contributed by atoms with van der Waals surface area (Å²) in [5.74, 6) is 1.52. The summed E-state index contributed by atoms with van der Waals surface area (Å²) in [6, 6.07) is 11.3. The SMILES string of the molecule is CCc1ccc(CCc2ccc(C)cc2C)c2nc(C(C)C)[nH]c12. The van der Waals surface area contributed by atoms with E-state index in [9.17, 15) is 0 Å². The molecule has 2 aromatic carbocycles. The minimum Gasteiger partial charge on any atom is -0.342 e. The summed E-state index contributed by atoms with van der Waals surface area (Å²) >= 11 is 0. The maximum absolute atomic E-state index is 4.91. The van der Waals surface area contributed by atoms with Crippen LogP contribution in [0.4, 0.5) is 0 Å². The van der Waals surface area contributed by atoms with Gasteiger partial charge >= 0.3 is 0 Å². The molecule has 0 bridgehead atoms. The number of H-pyrrole nitrogens is 1. The van der Waals surface area contributed by atoms with Crippen molar-refractivity contribution in [2.75, 3.05) is 0 Å². The number of rotatable bonds is 5. The lowest BCUT2D eigenvalue weighted by Gasteiger charge is -2.09. The van der Waals surface area contributed by atoms with Crippen molar-refractivity contribution in [3.05, 3.63) is 64.0 Å². The number of nitrogens with zero attached hydrogens (tertiary/aromatic N) is 1. The van der Waals surface area contributed by atoms with Crippen molar-refractivity contribution >= 4 is 11.0 Å². The maximum atomic E-state index is 4.91. The van der Waals surface area contributed by atoms with Crippen LogP contribution in [0.15, 0.2) is 30.3 Å². The van der Waals surface area contributed by atoms with Gasteiger partial charge in [0, 0.05) is 5.92 Å². The number of hydrogen-bond acceptors (Lipinski definition) is 1. The van der Waals surface area contributed by atoms with Gasteiger partial charge in [-0.2, -0.15) is 0 Å². The van der Waals surface area contributed by atoms with Crippen molar-refractivity contribution < 1.29 is 0 Å². The first-order valence-corrected chi connectivity index (χ1v) is 9.06. The van der Waals surface area contributed by atoms with E-state index in [1.54, 1.807) is 0 Å². The molecular formula is C22H28N2. The van der Waals surface area contributed by atoms with Gasteiger partial charge in [-0.3, -0.25) is 0 Å². The summed E-state index contributed by atoms with van der Waals surface area (Å²) in [7, 11) is 0. The van der Waals surface area contributed by atoms with Gasteiger partial charge in [0.15, 0.2) is 0 Å². The zero-order valence-electron chi connectivity index (χ0n) is 15.5. The van der Waals surface area contributed by atoms with Crippen molar-refractivity contribution in [1.29, 1.82) is 0 Å². The number of aryl methyl sites for hydroxylation is 5. The van der Waals surface area contributed by atoms with Crippen LogP contribution in [0.1, 0.15) is 60.3 Å². The maximum Gasteiger partial charge on any atom is 0.109 e. The van der Waals surface area contributed by atoms with Crippen molar-refractivity contribution in [2.45, 2.75) is 59.8 Å². The first-order chi connectivity index (χ1) is 11.5. The number of aromatic nitrogens is 2. The second-order valence-electron chi connectivity index (χ2n) is 7.17. The standard InChI is InChI=1S/C22H28N2/c1-6-17-9-11-19(21-20(17)23-22(24-21)14(2)3)12-10-18-8-7-15(4)13-16(18)5/h7-9,11,13-14H,6,10,12H2,1-5H3,(H,23,24). The molecule has 0 atom stereocenters. The molecular weight excluding hydrogens is 292 g/mol. The van der Waals surface area contributed by atoms with E-state index in [1.165, 1.54) is 38.9 Å². The van der Waals surface area contributed by atoms with Crippen molar-refractivity contribution in [2.24, 2.45) is 0 Å². The minimum atomic E-state index is 0.425. The molecule has 1 heterocycles. The molecule has 0 saturated carbocycles. The molecule has 126 valence electrons. The third-order valence-corrected chi connectivity index (χ3v) is 4.92. The molecule has 0 fully saturated rings. The zero-order chi connectivity index (χ0) is 17.3. The predicted octanol–water partition coefficient (Wildman–Crippen LogP) is 5.65. The van der Waals surface area contributed by atoms with Gasteiger partial charge in [-0.1, -0.05) is 56.7 Å². The Morgan fingerprint density at radius 2 is 1.62 bits per heavy atom. The lowest BCUT2D eigenvalue weighted by Crippen LogP contribution is -1.97. The molecule has 0 spiro atoms. The van der Waals surface area contributed by atoms with Gasteiger partial charge in [0.2, 0.25) is 0 Å². The molecule has 0 aliphatic heterocycles. The van der Waals surface area contributed by atoms with Crippen LogP contribution in [-0.2, 0) is 19.3 Å². The fraction of sp³-hybridized carbons (Fsp3) is 0.409. The highest BCUT2D eigenvalue weighted by molar-refractivity contribution is 5.82. The average Bonchev–Trinajstić information content (AvgIpc) is 2.99. The highest BCUT2D eigenvalue weighted by atomic mass is 14.9. The van der Waals surface area contributed by atoms with E-state index in [-0.39, 0.29) is 0 Å². The Bertz CT molecular complexity index is 856. The third kappa shape index (κ3) is 3.24. The minimum absolute atomic E-state index is 0.425. The molecule has 1 N–H and O–H groups in total. The summed E-state index contributed by atoms with van der Waals surface area (Å²) in [5.41, 5.74) is 9.28. The molecule has 2 heteroatoms. The lowest BCUT2D eigenvalue weighted by atomic mass is 9.97. The van der Waals surface area contributed by atoms with Crippen LogP contribution in [0.3, 0.4) is 0 Å². The molecule has 0 amide bonds. The van der Waals surface area contributed by atoms with Gasteiger partial charge < -0.3 is 4.98 Å². The van der Waals surface area contributed by atoms with Crippen LogP contribution in [0.2, 0.25) is 0 Å². The molecule has 3 aromatic rings. The Morgan fingerprint density at radius 1 is 0.958 bits per heavy atom. The zero-order valence-corrected chi connectivity index (χ0v) is 15.5. The first-order valence-electron chi connectivity index (χ1n) is 9.06. The summed E-state index contributed by atoms with van der Waals surface area (Å²) in [5, 5.41) is 0. The highest BCUT2D eigenvalue weighted by Crippen LogP contribution is 2.25. The topological polar surface area (TPSA) is 28.7 Å². The van der Waals surface area contributed by atoms with Crippen LogP contribution in [0, 0.1) is 13.8 Å². The summed E-state index contributed by atoms with van der Waals surface area (Å²) in [6.07, 6.45) is 3.14. The second kappa shape index (κ2) is 6.80. The van der Waals surface area contributed by atoms with Crippen molar-refractivity contribution in [1.82, 2.24) is 9.97 Å². The molecule has 0 saturated heterocycles. The average molecular weight is 320 g/mol. The van der Waals surface area contributed by atoms with E-state index < -0.39 is 0 Å². The number of aromatic amines is 1. The number of imidazole rings is 1. The first kappa shape index (κ1) is 16.8. The molecule has 3 rings (SSSR count). The van der Waals surface area contributed by atoms with Crippen molar-refractivity contribution in [3.63, 3.8) is 0 Å². The van der Waals surface area contributed by atoms with E-state index in [1.807, 2.05) is 0 Å². The molecule has 24 heavy (non-hydrogen) atoms. The van der Waals surface area contributed by atoms with Gasteiger partial charge in [-0.15, -0.1) is 0 Å². The molecule has 0 radical (unpaired) electrons. The largest absolute Gasteiger partial charge is 0.342 e. The fourth-order valence-corrected chi connectivity index (χ4v) is 3.39. The number of benzene rings is 2. The van der Waals surface area contributed by atoms with E-state index in [2.05, 4.69) is 69.9 Å². The van der Waals surface area contributed by atoms with E-state index in [0.29, 0.717) is 5.92 Å². The Hall–Kier alpha value is -2.09. The lowest BCUT2D eigenvalue weighted by molar-refractivity contribution is 0.798. The van der Waals surface area contributed by atoms with Crippen LogP contribution in [-0.4, -0.2) is 9.97 Å². The Balaban J connectivity index is 1.94. The second-order valence-corrected chi connectivity index (χ2v) is 7.17. The summed E-state index contributed by atoms with van der Waals surface area (Å²) < 4.78 is 0. The van der Waals surface area contributed by atoms with Gasteiger partial charge in [0.1, 0.15) is 5.82 Å². The molecule has 0 aliphatic carbocycles. The molecule has 2 nitrogen and oxygen atoms in total. The van der Waals surface area contributed by atoms with E-state index in [4.69, 9.17) is 4.98 Å². The highest BCUT2D eigenvalue weighted by Gasteiger charge is 2.13. The van der Waals surface area contributed by atoms with Crippen LogP contribution in [0.5, 0.6) is 0 Å². The smallest absolute Gasteiger partial charge is 0.109 e. The fourth-order valence-electron chi connectivity index (χ4n) is 3.39. The Morgan fingerprint density at radius 3 is 2.29 bits per heavy atom. The number of fused-ring (bicyclic) bond motifs is 1. The van der Waals surface area contributed by atoms with E-state index >= 15 is 0 Å². The van der Waals surface area contributed by atoms with Gasteiger partial charge in [-0.25, -0.2) is 4.98 Å². The van der Waals surface area contributed by atoms with E-state index in [0.717, 1.165) is 25.1 Å². The monoisotopic (exact) mass is 320 g/mol. The van der Waals surface area contributed by atoms with Crippen LogP contribution >= 0.6 is 0 Å². The number of nitrogens with one attached hydrogen (secondary N) is 1. The van der Waals surface area contributed by atoms with Gasteiger partial charge in [-0.05, 0) is 55.4 Å². The van der Waals surface area contributed by atoms with Crippen LogP contribution < -0.4 is 0 Å². The molecule has 0 unspecified atom stereocenters. The summed E-state index contributed by atoms with van der Waals surface area (Å²) in [6.45, 7) is 11.0.